The van der Waals surface area contributed by atoms with Gasteiger partial charge in [0, 0.05) is 33.2 Å². The van der Waals surface area contributed by atoms with Crippen LogP contribution < -0.4 is 0 Å². The molecular weight excluding hydrogens is 647 g/mol. The Balaban J connectivity index is 0.000000141. The van der Waals surface area contributed by atoms with Gasteiger partial charge in [0.2, 0.25) is 0 Å². The number of benzene rings is 4. The van der Waals surface area contributed by atoms with E-state index in [2.05, 4.69) is 158 Å². The van der Waals surface area contributed by atoms with Gasteiger partial charge in [-0.05, 0) is 63.0 Å². The van der Waals surface area contributed by atoms with E-state index < -0.39 is 20.8 Å². The van der Waals surface area contributed by atoms with Gasteiger partial charge in [-0.1, -0.05) is 72.8 Å². The zero-order valence-electron chi connectivity index (χ0n) is 24.7. The van der Waals surface area contributed by atoms with Crippen molar-refractivity contribution in [2.75, 3.05) is 0 Å². The molecule has 4 aromatic carbocycles. The fourth-order valence-corrected chi connectivity index (χ4v) is 6.51. The van der Waals surface area contributed by atoms with Crippen molar-refractivity contribution in [3.63, 3.8) is 0 Å². The third-order valence-electron chi connectivity index (χ3n) is 8.83. The molecular formula is C38H32Cl2N2Zr. The number of hydrogen-bond acceptors (Lipinski definition) is 0. The molecule has 0 aliphatic heterocycles. The van der Waals surface area contributed by atoms with Gasteiger partial charge in [-0.2, -0.15) is 11.1 Å². The van der Waals surface area contributed by atoms with E-state index in [9.17, 15) is 0 Å². The molecule has 2 heterocycles. The van der Waals surface area contributed by atoms with Gasteiger partial charge in [-0.15, -0.1) is 23.3 Å². The monoisotopic (exact) mass is 676 g/mol. The van der Waals surface area contributed by atoms with Gasteiger partial charge in [0.15, 0.2) is 0 Å². The second-order valence-corrected chi connectivity index (χ2v) is 14.7. The minimum atomic E-state index is -0.826. The van der Waals surface area contributed by atoms with Crippen LogP contribution >= 0.6 is 17.0 Å². The number of para-hydroxylation sites is 2. The molecule has 0 radical (unpaired) electrons. The Hall–Kier alpha value is -3.10. The summed E-state index contributed by atoms with van der Waals surface area (Å²) < 4.78 is 4.82. The molecule has 43 heavy (non-hydrogen) atoms. The number of fused-ring (bicyclic) bond motifs is 4. The average molecular weight is 679 g/mol. The summed E-state index contributed by atoms with van der Waals surface area (Å²) in [6, 6.07) is 34.8. The summed E-state index contributed by atoms with van der Waals surface area (Å²) in [6.07, 6.45) is 11.3. The quantitative estimate of drug-likeness (QED) is 0.161. The van der Waals surface area contributed by atoms with Gasteiger partial charge < -0.3 is 9.13 Å². The first kappa shape index (κ1) is 30.0. The first-order valence-corrected chi connectivity index (χ1v) is 20.7. The van der Waals surface area contributed by atoms with E-state index >= 15 is 0 Å². The Morgan fingerprint density at radius 3 is 1.30 bits per heavy atom. The van der Waals surface area contributed by atoms with Crippen molar-refractivity contribution in [3.05, 3.63) is 154 Å². The van der Waals surface area contributed by atoms with E-state index in [1.54, 1.807) is 0 Å². The molecule has 0 N–H and O–H groups in total. The van der Waals surface area contributed by atoms with Crippen molar-refractivity contribution in [2.45, 2.75) is 39.8 Å². The van der Waals surface area contributed by atoms with E-state index in [1.807, 2.05) is 0 Å². The maximum atomic E-state index is 4.93. The third-order valence-corrected chi connectivity index (χ3v) is 8.83. The number of nitrogens with zero attached hydrogens (tertiary/aromatic N) is 2. The van der Waals surface area contributed by atoms with E-state index in [-0.39, 0.29) is 12.1 Å². The van der Waals surface area contributed by atoms with Gasteiger partial charge in [-0.3, -0.25) is 0 Å². The number of allylic oxidation sites excluding steroid dienone is 2. The fourth-order valence-electron chi connectivity index (χ4n) is 6.51. The summed E-state index contributed by atoms with van der Waals surface area (Å²) in [7, 11) is 9.87. The van der Waals surface area contributed by atoms with Crippen LogP contribution in [0.25, 0.3) is 34.0 Å². The number of halogens is 2. The zero-order chi connectivity index (χ0) is 30.1. The molecule has 0 saturated heterocycles. The van der Waals surface area contributed by atoms with Crippen LogP contribution in [0.4, 0.5) is 0 Å². The first-order chi connectivity index (χ1) is 21.0. The molecule has 0 saturated carbocycles. The number of aryl methyl sites for hydroxylation is 2. The van der Waals surface area contributed by atoms with Gasteiger partial charge in [0.05, 0.1) is 0 Å². The molecule has 0 bridgehead atoms. The molecule has 2 nitrogen and oxygen atoms in total. The third kappa shape index (κ3) is 5.42. The number of aromatic nitrogens is 2. The molecule has 6 aromatic rings. The van der Waals surface area contributed by atoms with Crippen LogP contribution in [-0.4, -0.2) is 9.13 Å². The minimum absolute atomic E-state index is 0.199. The van der Waals surface area contributed by atoms with E-state index in [4.69, 9.17) is 17.0 Å². The fraction of sp³-hybridized carbons (Fsp3) is 0.158. The summed E-state index contributed by atoms with van der Waals surface area (Å²) >= 11 is -0.826. The van der Waals surface area contributed by atoms with Crippen molar-refractivity contribution in [1.82, 2.24) is 9.13 Å². The predicted octanol–water partition coefficient (Wildman–Crippen LogP) is 10.7. The van der Waals surface area contributed by atoms with Gasteiger partial charge >= 0.3 is 37.9 Å². The second-order valence-electron chi connectivity index (χ2n) is 11.0. The van der Waals surface area contributed by atoms with E-state index in [1.165, 1.54) is 66.6 Å². The summed E-state index contributed by atoms with van der Waals surface area (Å²) in [5, 5.41) is 2.69. The van der Waals surface area contributed by atoms with Crippen LogP contribution in [0.1, 0.15) is 56.9 Å². The summed E-state index contributed by atoms with van der Waals surface area (Å²) in [5.74, 6) is 0. The van der Waals surface area contributed by atoms with Crippen LogP contribution in [0, 0.1) is 39.8 Å². The molecule has 212 valence electrons. The second kappa shape index (κ2) is 12.9. The van der Waals surface area contributed by atoms with Crippen molar-refractivity contribution >= 4 is 51.0 Å². The van der Waals surface area contributed by atoms with E-state index in [0.717, 1.165) is 0 Å². The average Bonchev–Trinajstić information content (AvgIpc) is 3.77. The number of hydrogen-bond donors (Lipinski definition) is 0. The van der Waals surface area contributed by atoms with Crippen molar-refractivity contribution in [1.29, 1.82) is 0 Å². The summed E-state index contributed by atoms with van der Waals surface area (Å²) in [5.41, 5.74) is 13.2. The molecule has 2 unspecified atom stereocenters. The van der Waals surface area contributed by atoms with Crippen LogP contribution in [0.5, 0.6) is 0 Å². The Kier molecular flexibility index (Phi) is 8.96. The molecule has 8 rings (SSSR count). The molecule has 0 fully saturated rings. The Morgan fingerprint density at radius 2 is 0.884 bits per heavy atom. The van der Waals surface area contributed by atoms with E-state index in [0.29, 0.717) is 0 Å². The first-order valence-electron chi connectivity index (χ1n) is 14.4. The zero-order valence-corrected chi connectivity index (χ0v) is 28.7. The molecule has 2 aromatic heterocycles. The molecule has 5 heteroatoms. The molecule has 0 spiro atoms. The van der Waals surface area contributed by atoms with Crippen LogP contribution in [0.3, 0.4) is 0 Å². The van der Waals surface area contributed by atoms with Crippen molar-refractivity contribution in [2.24, 2.45) is 0 Å². The Labute approximate surface area is 272 Å². The van der Waals surface area contributed by atoms with Gasteiger partial charge in [0.25, 0.3) is 0 Å². The summed E-state index contributed by atoms with van der Waals surface area (Å²) in [6.45, 7) is 8.83. The maximum absolute atomic E-state index is 4.93. The Bertz CT molecular complexity index is 1850. The molecule has 2 aliphatic carbocycles. The van der Waals surface area contributed by atoms with Crippen molar-refractivity contribution < 1.29 is 20.8 Å². The van der Waals surface area contributed by atoms with Crippen LogP contribution in [0.15, 0.2) is 97.1 Å². The molecule has 2 aliphatic rings. The number of rotatable bonds is 2. The Morgan fingerprint density at radius 1 is 0.535 bits per heavy atom. The van der Waals surface area contributed by atoms with Gasteiger partial charge in [0.1, 0.15) is 0 Å². The van der Waals surface area contributed by atoms with Gasteiger partial charge in [-0.25, -0.2) is 24.3 Å². The molecule has 0 amide bonds. The van der Waals surface area contributed by atoms with Crippen molar-refractivity contribution in [3.8, 4) is 0 Å². The predicted molar refractivity (Wildman–Crippen MR) is 179 cm³/mol. The normalized spacial score (nSPS) is 15.9. The SMILES string of the molecule is Cc1c(C)n(C2[C-]=Cc3ccccc32)c2ccccc12.Cc1c(C)n(C2[C-]=Cc3ccccc32)c2ccccc12.[Cl][Zr+2][Cl]. The standard InChI is InChI=1S/2C19H16N.2ClH.Zr/c2*1-13-14(2)20(18-10-6-5-8-16(13)18)19-12-11-15-7-3-4-9-17(15)19;;;/h2*3-11,19H,1-2H3;2*1H;/q2*-1;;;+4/p-2. The summed E-state index contributed by atoms with van der Waals surface area (Å²) in [4.78, 5) is 0. The van der Waals surface area contributed by atoms with Crippen LogP contribution in [-0.2, 0) is 20.8 Å². The van der Waals surface area contributed by atoms with Crippen LogP contribution in [0.2, 0.25) is 0 Å². The molecule has 2 atom stereocenters. The topological polar surface area (TPSA) is 9.86 Å².